The number of carbonyl (C=O) groups is 1. The van der Waals surface area contributed by atoms with Gasteiger partial charge in [0.2, 0.25) is 0 Å². The predicted molar refractivity (Wildman–Crippen MR) is 42.9 cm³/mol. The van der Waals surface area contributed by atoms with Crippen molar-refractivity contribution in [2.45, 2.75) is 0 Å². The molecule has 0 N–H and O–H groups in total. The Bertz CT molecular complexity index is 244. The molecule has 0 aromatic heterocycles. The van der Waals surface area contributed by atoms with E-state index in [0.29, 0.717) is 5.56 Å². The molecule has 0 heterocycles. The van der Waals surface area contributed by atoms with E-state index in [4.69, 9.17) is 0 Å². The third kappa shape index (κ3) is 3.89. The van der Waals surface area contributed by atoms with Gasteiger partial charge < -0.3 is 17.0 Å². The molecule has 2 nitrogen and oxygen atoms in total. The van der Waals surface area contributed by atoms with E-state index in [0.717, 1.165) is 0 Å². The predicted octanol–water partition coefficient (Wildman–Crippen LogP) is 1.43. The molecular formula is C9H8O2Y-2. The van der Waals surface area contributed by atoms with Crippen LogP contribution in [-0.2, 0) is 37.5 Å². The second-order valence-electron chi connectivity index (χ2n) is 1.80. The van der Waals surface area contributed by atoms with Crippen LogP contribution in [0.15, 0.2) is 30.3 Å². The summed E-state index contributed by atoms with van der Waals surface area (Å²) >= 11 is 0. The molecule has 0 amide bonds. The summed E-state index contributed by atoms with van der Waals surface area (Å²) in [6.45, 7) is 0. The van der Waals surface area contributed by atoms with Gasteiger partial charge in [0.15, 0.2) is 0 Å². The number of rotatable bonds is 2. The van der Waals surface area contributed by atoms with E-state index in [1.54, 1.807) is 30.3 Å². The Morgan fingerprint density at radius 2 is 1.67 bits per heavy atom. The molecular weight excluding hydrogens is 229 g/mol. The van der Waals surface area contributed by atoms with E-state index in [2.05, 4.69) is 0 Å². The Labute approximate surface area is 97.2 Å². The zero-order valence-electron chi connectivity index (χ0n) is 6.78. The number of Topliss-reactive ketones (excluding diaryl/α,β-unsaturated/α-hetero) is 1. The summed E-state index contributed by atoms with van der Waals surface area (Å²) in [5.74, 6) is -0.597. The van der Waals surface area contributed by atoms with E-state index in [9.17, 15) is 9.59 Å². The molecule has 61 valence electrons. The van der Waals surface area contributed by atoms with Crippen molar-refractivity contribution >= 4 is 12.1 Å². The van der Waals surface area contributed by atoms with Crippen LogP contribution in [0.5, 0.6) is 0 Å². The topological polar surface area (TPSA) is 34.1 Å². The van der Waals surface area contributed by atoms with Gasteiger partial charge in [-0.15, -0.1) is 17.7 Å². The van der Waals surface area contributed by atoms with Crippen LogP contribution in [-0.4, -0.2) is 12.1 Å². The summed E-state index contributed by atoms with van der Waals surface area (Å²) in [6, 6.07) is 8.33. The van der Waals surface area contributed by atoms with Crippen LogP contribution in [0.1, 0.15) is 10.4 Å². The maximum Gasteiger partial charge on any atom is 0.0585 e. The second kappa shape index (κ2) is 7.32. The maximum atomic E-state index is 10.6. The first kappa shape index (κ1) is 14.2. The minimum absolute atomic E-state index is 0. The summed E-state index contributed by atoms with van der Waals surface area (Å²) in [5, 5.41) is 0. The van der Waals surface area contributed by atoms with Gasteiger partial charge >= 0.3 is 0 Å². The van der Waals surface area contributed by atoms with Crippen molar-refractivity contribution < 1.29 is 42.3 Å². The van der Waals surface area contributed by atoms with E-state index >= 15 is 0 Å². The maximum absolute atomic E-state index is 10.6. The molecule has 0 fully saturated rings. The second-order valence-corrected chi connectivity index (χ2v) is 1.80. The van der Waals surface area contributed by atoms with E-state index in [-0.39, 0.29) is 40.1 Å². The number of benzene rings is 1. The van der Waals surface area contributed by atoms with Gasteiger partial charge in [-0.3, -0.25) is 0 Å². The van der Waals surface area contributed by atoms with Crippen molar-refractivity contribution in [1.82, 2.24) is 0 Å². The molecule has 1 radical (unpaired) electrons. The van der Waals surface area contributed by atoms with Gasteiger partial charge in [0.25, 0.3) is 0 Å². The van der Waals surface area contributed by atoms with Crippen LogP contribution in [0, 0.1) is 7.43 Å². The van der Waals surface area contributed by atoms with Crippen LogP contribution < -0.4 is 0 Å². The first-order chi connectivity index (χ1) is 4.84. The molecule has 0 aliphatic rings. The van der Waals surface area contributed by atoms with Crippen LogP contribution in [0.3, 0.4) is 0 Å². The fourth-order valence-electron chi connectivity index (χ4n) is 0.648. The molecule has 1 aromatic rings. The largest absolute Gasteiger partial charge is 0.415 e. The van der Waals surface area contributed by atoms with Crippen LogP contribution in [0.25, 0.3) is 0 Å². The molecule has 0 saturated carbocycles. The SMILES string of the molecule is O=[C-]C(=O)c1ccccc1.[CH3-].[Y]. The smallest absolute Gasteiger partial charge is 0.0585 e. The fourth-order valence-corrected chi connectivity index (χ4v) is 0.648. The van der Waals surface area contributed by atoms with Crippen molar-refractivity contribution in [3.8, 4) is 0 Å². The zero-order valence-corrected chi connectivity index (χ0v) is 9.62. The molecule has 1 aromatic carbocycles. The minimum Gasteiger partial charge on any atom is -0.415 e. The summed E-state index contributed by atoms with van der Waals surface area (Å²) in [6.07, 6.45) is 1.29. The van der Waals surface area contributed by atoms with Gasteiger partial charge in [-0.05, 0) is 0 Å². The van der Waals surface area contributed by atoms with Crippen molar-refractivity contribution in [3.63, 3.8) is 0 Å². The molecule has 0 atom stereocenters. The molecule has 1 rings (SSSR count). The summed E-state index contributed by atoms with van der Waals surface area (Å²) in [4.78, 5) is 20.4. The fraction of sp³-hybridized carbons (Fsp3) is 0. The van der Waals surface area contributed by atoms with Crippen LogP contribution in [0.2, 0.25) is 0 Å². The minimum atomic E-state index is -0.597. The van der Waals surface area contributed by atoms with Crippen molar-refractivity contribution in [2.24, 2.45) is 0 Å². The van der Waals surface area contributed by atoms with Crippen LogP contribution in [0.4, 0.5) is 0 Å². The number of hydrogen-bond donors (Lipinski definition) is 0. The third-order valence-electron chi connectivity index (χ3n) is 1.13. The first-order valence-corrected chi connectivity index (χ1v) is 2.82. The van der Waals surface area contributed by atoms with Crippen LogP contribution >= 0.6 is 0 Å². The summed E-state index contributed by atoms with van der Waals surface area (Å²) in [7, 11) is 0. The van der Waals surface area contributed by atoms with Gasteiger partial charge in [-0.25, -0.2) is 0 Å². The molecule has 3 heteroatoms. The van der Waals surface area contributed by atoms with E-state index < -0.39 is 5.78 Å². The van der Waals surface area contributed by atoms with Gasteiger partial charge in [0, 0.05) is 39.0 Å². The first-order valence-electron chi connectivity index (χ1n) is 2.82. The Morgan fingerprint density at radius 1 is 1.17 bits per heavy atom. The third-order valence-corrected chi connectivity index (χ3v) is 1.13. The normalized spacial score (nSPS) is 7.33. The Morgan fingerprint density at radius 3 is 2.08 bits per heavy atom. The van der Waals surface area contributed by atoms with Crippen molar-refractivity contribution in [3.05, 3.63) is 43.3 Å². The van der Waals surface area contributed by atoms with Gasteiger partial charge in [-0.1, -0.05) is 18.2 Å². The quantitative estimate of drug-likeness (QED) is 0.443. The monoisotopic (exact) mass is 237 g/mol. The number of carbonyl (C=O) groups excluding carboxylic acids is 2. The Kier molecular flexibility index (Phi) is 8.66. The van der Waals surface area contributed by atoms with Gasteiger partial charge in [0.1, 0.15) is 0 Å². The van der Waals surface area contributed by atoms with E-state index in [1.165, 1.54) is 6.29 Å². The van der Waals surface area contributed by atoms with Gasteiger partial charge in [-0.2, -0.15) is 0 Å². The number of hydrogen-bond acceptors (Lipinski definition) is 2. The van der Waals surface area contributed by atoms with E-state index in [1.807, 2.05) is 0 Å². The Balaban J connectivity index is 0. The zero-order chi connectivity index (χ0) is 7.40. The standard InChI is InChI=1S/C8H5O2.CH3.Y/c9-6-8(10)7-4-2-1-3-5-7;;/h1-5H;1H3;/q2*-1;. The van der Waals surface area contributed by atoms with Crippen molar-refractivity contribution in [2.75, 3.05) is 0 Å². The average molecular weight is 237 g/mol. The molecule has 0 aliphatic heterocycles. The Hall–Kier alpha value is -0.336. The van der Waals surface area contributed by atoms with Gasteiger partial charge in [0.05, 0.1) is 5.78 Å². The molecule has 0 unspecified atom stereocenters. The molecule has 0 spiro atoms. The van der Waals surface area contributed by atoms with Crippen molar-refractivity contribution in [1.29, 1.82) is 0 Å². The molecule has 0 aliphatic carbocycles. The molecule has 0 saturated heterocycles. The molecule has 0 bridgehead atoms. The summed E-state index contributed by atoms with van der Waals surface area (Å²) < 4.78 is 0. The summed E-state index contributed by atoms with van der Waals surface area (Å²) in [5.41, 5.74) is 0.387. The number of ketones is 1. The average Bonchev–Trinajstić information content (AvgIpc) is 2.05. The molecule has 12 heavy (non-hydrogen) atoms.